The minimum absolute atomic E-state index is 0.154. The van der Waals surface area contributed by atoms with Crippen LogP contribution in [0.3, 0.4) is 0 Å². The molecular weight excluding hydrogens is 226 g/mol. The summed E-state index contributed by atoms with van der Waals surface area (Å²) in [5, 5.41) is 4.32. The number of hydrogen-bond acceptors (Lipinski definition) is 2. The first-order valence-corrected chi connectivity index (χ1v) is 7.09. The second kappa shape index (κ2) is 5.99. The van der Waals surface area contributed by atoms with Crippen molar-refractivity contribution in [3.05, 3.63) is 57.8 Å². The Hall–Kier alpha value is -1.12. The summed E-state index contributed by atoms with van der Waals surface area (Å²) in [6.07, 6.45) is 3.17. The van der Waals surface area contributed by atoms with Gasteiger partial charge in [-0.15, -0.1) is 0 Å². The monoisotopic (exact) mass is 245 g/mol. The lowest BCUT2D eigenvalue weighted by Crippen LogP contribution is -2.11. The second-order valence-electron chi connectivity index (χ2n) is 4.37. The van der Waals surface area contributed by atoms with Crippen molar-refractivity contribution in [3.63, 3.8) is 0 Å². The van der Waals surface area contributed by atoms with E-state index in [0.717, 1.165) is 19.3 Å². The van der Waals surface area contributed by atoms with Gasteiger partial charge in [0, 0.05) is 6.04 Å². The first-order valence-electron chi connectivity index (χ1n) is 6.15. The highest BCUT2D eigenvalue weighted by Crippen LogP contribution is 2.18. The predicted molar refractivity (Wildman–Crippen MR) is 75.4 cm³/mol. The molecule has 0 aliphatic rings. The van der Waals surface area contributed by atoms with Gasteiger partial charge in [-0.1, -0.05) is 31.2 Å². The van der Waals surface area contributed by atoms with Crippen LogP contribution in [0, 0.1) is 0 Å². The van der Waals surface area contributed by atoms with Gasteiger partial charge in [0.15, 0.2) is 0 Å². The maximum Gasteiger partial charge on any atom is 0.0298 e. The summed E-state index contributed by atoms with van der Waals surface area (Å²) in [7, 11) is 0. The molecule has 0 saturated heterocycles. The van der Waals surface area contributed by atoms with Crippen molar-refractivity contribution in [2.45, 2.75) is 32.2 Å². The topological polar surface area (TPSA) is 26.0 Å². The van der Waals surface area contributed by atoms with Crippen molar-refractivity contribution in [2.75, 3.05) is 0 Å². The highest BCUT2D eigenvalue weighted by Gasteiger charge is 2.06. The number of hydrogen-bond donors (Lipinski definition) is 1. The van der Waals surface area contributed by atoms with Crippen LogP contribution in [0.4, 0.5) is 0 Å². The highest BCUT2D eigenvalue weighted by atomic mass is 32.1. The van der Waals surface area contributed by atoms with Gasteiger partial charge < -0.3 is 5.73 Å². The van der Waals surface area contributed by atoms with Gasteiger partial charge in [0.25, 0.3) is 0 Å². The minimum atomic E-state index is 0.154. The molecule has 1 aromatic carbocycles. The molecule has 1 heterocycles. The van der Waals surface area contributed by atoms with Gasteiger partial charge in [0.05, 0.1) is 0 Å². The van der Waals surface area contributed by atoms with Crippen LogP contribution in [-0.4, -0.2) is 0 Å². The van der Waals surface area contributed by atoms with E-state index in [4.69, 9.17) is 5.73 Å². The van der Waals surface area contributed by atoms with E-state index in [1.54, 1.807) is 11.3 Å². The summed E-state index contributed by atoms with van der Waals surface area (Å²) in [6, 6.07) is 11.0. The summed E-state index contributed by atoms with van der Waals surface area (Å²) in [5.41, 5.74) is 10.2. The zero-order chi connectivity index (χ0) is 12.1. The van der Waals surface area contributed by atoms with E-state index in [1.165, 1.54) is 16.7 Å². The number of aryl methyl sites for hydroxylation is 2. The summed E-state index contributed by atoms with van der Waals surface area (Å²) in [5.74, 6) is 0. The minimum Gasteiger partial charge on any atom is -0.324 e. The Labute approximate surface area is 107 Å². The average molecular weight is 245 g/mol. The van der Waals surface area contributed by atoms with Crippen molar-refractivity contribution in [2.24, 2.45) is 5.73 Å². The molecule has 1 unspecified atom stereocenters. The van der Waals surface area contributed by atoms with Gasteiger partial charge in [0.2, 0.25) is 0 Å². The third-order valence-electron chi connectivity index (χ3n) is 3.14. The summed E-state index contributed by atoms with van der Waals surface area (Å²) in [6.45, 7) is 2.17. The number of benzene rings is 1. The Morgan fingerprint density at radius 3 is 2.47 bits per heavy atom. The Bertz CT molecular complexity index is 430. The molecule has 0 bridgehead atoms. The molecule has 0 aliphatic heterocycles. The smallest absolute Gasteiger partial charge is 0.0298 e. The quantitative estimate of drug-likeness (QED) is 0.848. The molecule has 17 heavy (non-hydrogen) atoms. The van der Waals surface area contributed by atoms with Crippen molar-refractivity contribution in [1.82, 2.24) is 0 Å². The van der Waals surface area contributed by atoms with Crippen LogP contribution in [0.15, 0.2) is 41.1 Å². The first kappa shape index (κ1) is 12.3. The number of rotatable bonds is 5. The van der Waals surface area contributed by atoms with E-state index < -0.39 is 0 Å². The van der Waals surface area contributed by atoms with Crippen LogP contribution in [0.1, 0.15) is 36.1 Å². The molecule has 2 aromatic rings. The van der Waals surface area contributed by atoms with Gasteiger partial charge in [-0.3, -0.25) is 0 Å². The van der Waals surface area contributed by atoms with E-state index in [0.29, 0.717) is 0 Å². The van der Waals surface area contributed by atoms with Gasteiger partial charge in [-0.2, -0.15) is 11.3 Å². The SMILES string of the molecule is CCc1ccc(C(N)CCc2ccsc2)cc1. The van der Waals surface area contributed by atoms with Gasteiger partial charge in [-0.05, 0) is 52.8 Å². The Balaban J connectivity index is 1.92. The molecule has 2 heteroatoms. The predicted octanol–water partition coefficient (Wildman–Crippen LogP) is 3.94. The molecule has 0 saturated carbocycles. The van der Waals surface area contributed by atoms with Crippen molar-refractivity contribution in [3.8, 4) is 0 Å². The van der Waals surface area contributed by atoms with E-state index in [-0.39, 0.29) is 6.04 Å². The van der Waals surface area contributed by atoms with E-state index in [2.05, 4.69) is 48.0 Å². The molecule has 1 atom stereocenters. The molecule has 2 N–H and O–H groups in total. The standard InChI is InChI=1S/C15H19NS/c1-2-12-3-6-14(7-4-12)15(16)8-5-13-9-10-17-11-13/h3-4,6-7,9-11,15H,2,5,8,16H2,1H3. The molecule has 0 radical (unpaired) electrons. The second-order valence-corrected chi connectivity index (χ2v) is 5.15. The molecule has 90 valence electrons. The molecule has 1 aromatic heterocycles. The maximum atomic E-state index is 6.21. The fourth-order valence-corrected chi connectivity index (χ4v) is 2.63. The third-order valence-corrected chi connectivity index (χ3v) is 3.87. The summed E-state index contributed by atoms with van der Waals surface area (Å²) >= 11 is 1.75. The van der Waals surface area contributed by atoms with Crippen LogP contribution >= 0.6 is 11.3 Å². The van der Waals surface area contributed by atoms with Crippen LogP contribution < -0.4 is 5.73 Å². The largest absolute Gasteiger partial charge is 0.324 e. The van der Waals surface area contributed by atoms with Crippen LogP contribution in [0.5, 0.6) is 0 Å². The fourth-order valence-electron chi connectivity index (χ4n) is 1.92. The van der Waals surface area contributed by atoms with Gasteiger partial charge in [-0.25, -0.2) is 0 Å². The average Bonchev–Trinajstić information content (AvgIpc) is 2.89. The Morgan fingerprint density at radius 2 is 1.88 bits per heavy atom. The normalized spacial score (nSPS) is 12.6. The Morgan fingerprint density at radius 1 is 1.12 bits per heavy atom. The first-order chi connectivity index (χ1) is 8.29. The fraction of sp³-hybridized carbons (Fsp3) is 0.333. The molecule has 2 rings (SSSR count). The molecule has 0 fully saturated rings. The Kier molecular flexibility index (Phi) is 4.35. The van der Waals surface area contributed by atoms with Gasteiger partial charge in [0.1, 0.15) is 0 Å². The highest BCUT2D eigenvalue weighted by molar-refractivity contribution is 7.07. The number of thiophene rings is 1. The molecule has 1 nitrogen and oxygen atoms in total. The molecule has 0 amide bonds. The zero-order valence-electron chi connectivity index (χ0n) is 10.2. The maximum absolute atomic E-state index is 6.21. The lowest BCUT2D eigenvalue weighted by Gasteiger charge is -2.12. The van der Waals surface area contributed by atoms with E-state index in [1.807, 2.05) is 0 Å². The van der Waals surface area contributed by atoms with Crippen molar-refractivity contribution in [1.29, 1.82) is 0 Å². The van der Waals surface area contributed by atoms with Crippen molar-refractivity contribution >= 4 is 11.3 Å². The third kappa shape index (κ3) is 3.42. The lowest BCUT2D eigenvalue weighted by molar-refractivity contribution is 0.652. The van der Waals surface area contributed by atoms with E-state index >= 15 is 0 Å². The molecule has 0 aliphatic carbocycles. The van der Waals surface area contributed by atoms with E-state index in [9.17, 15) is 0 Å². The van der Waals surface area contributed by atoms with Crippen LogP contribution in [0.2, 0.25) is 0 Å². The lowest BCUT2D eigenvalue weighted by atomic mass is 9.99. The molecular formula is C15H19NS. The zero-order valence-corrected chi connectivity index (χ0v) is 11.0. The van der Waals surface area contributed by atoms with Crippen molar-refractivity contribution < 1.29 is 0 Å². The number of nitrogens with two attached hydrogens (primary N) is 1. The summed E-state index contributed by atoms with van der Waals surface area (Å²) in [4.78, 5) is 0. The van der Waals surface area contributed by atoms with Crippen LogP contribution in [0.25, 0.3) is 0 Å². The van der Waals surface area contributed by atoms with Gasteiger partial charge >= 0.3 is 0 Å². The summed E-state index contributed by atoms with van der Waals surface area (Å²) < 4.78 is 0. The molecule has 0 spiro atoms. The van der Waals surface area contributed by atoms with Crippen LogP contribution in [-0.2, 0) is 12.8 Å².